The average molecular weight is 325 g/mol. The van der Waals surface area contributed by atoms with Crippen LogP contribution in [0.15, 0.2) is 29.3 Å². The molecule has 6 heteroatoms. The zero-order chi connectivity index (χ0) is 16.6. The number of hydrogen-bond donors (Lipinski definition) is 1. The summed E-state index contributed by atoms with van der Waals surface area (Å²) in [6, 6.07) is 8.27. The van der Waals surface area contributed by atoms with Gasteiger partial charge in [-0.1, -0.05) is 24.3 Å². The van der Waals surface area contributed by atoms with Crippen molar-refractivity contribution in [2.45, 2.75) is 26.8 Å². The fourth-order valence-electron chi connectivity index (χ4n) is 2.10. The van der Waals surface area contributed by atoms with Gasteiger partial charge in [0.2, 0.25) is 0 Å². The maximum absolute atomic E-state index is 11.1. The minimum atomic E-state index is -2.91. The first kappa shape index (κ1) is 18.5. The summed E-state index contributed by atoms with van der Waals surface area (Å²) in [5.41, 5.74) is 2.51. The summed E-state index contributed by atoms with van der Waals surface area (Å²) in [5, 5.41) is 3.25. The molecule has 0 fully saturated rings. The summed E-state index contributed by atoms with van der Waals surface area (Å²) in [6.07, 6.45) is 1.80. The number of aliphatic imine (C=N–C) groups is 1. The van der Waals surface area contributed by atoms with Gasteiger partial charge >= 0.3 is 0 Å². The smallest absolute Gasteiger partial charge is 0.193 e. The molecule has 0 radical (unpaired) electrons. The lowest BCUT2D eigenvalue weighted by atomic mass is 10.1. The van der Waals surface area contributed by atoms with Crippen LogP contribution in [0.4, 0.5) is 0 Å². The number of nitrogens with one attached hydrogen (secondary N) is 1. The van der Waals surface area contributed by atoms with E-state index >= 15 is 0 Å². The Morgan fingerprint density at radius 2 is 2.00 bits per heavy atom. The first-order valence-corrected chi connectivity index (χ1v) is 9.61. The van der Waals surface area contributed by atoms with Gasteiger partial charge in [0.1, 0.15) is 9.84 Å². The summed E-state index contributed by atoms with van der Waals surface area (Å²) in [5.74, 6) is 0.983. The van der Waals surface area contributed by atoms with Crippen molar-refractivity contribution in [3.63, 3.8) is 0 Å². The van der Waals surface area contributed by atoms with E-state index in [1.54, 1.807) is 0 Å². The van der Waals surface area contributed by atoms with Crippen molar-refractivity contribution >= 4 is 15.8 Å². The summed E-state index contributed by atoms with van der Waals surface area (Å²) in [4.78, 5) is 6.57. The van der Waals surface area contributed by atoms with E-state index in [-0.39, 0.29) is 5.75 Å². The molecule has 0 aliphatic carbocycles. The fraction of sp³-hybridized carbons (Fsp3) is 0.562. The third-order valence-electron chi connectivity index (χ3n) is 3.30. The van der Waals surface area contributed by atoms with Crippen LogP contribution in [0.2, 0.25) is 0 Å². The van der Waals surface area contributed by atoms with Gasteiger partial charge in [0.15, 0.2) is 5.96 Å². The third-order valence-corrected chi connectivity index (χ3v) is 4.33. The Balaban J connectivity index is 2.66. The van der Waals surface area contributed by atoms with E-state index in [1.807, 2.05) is 26.1 Å². The minimum Gasteiger partial charge on any atom is -0.357 e. The number of hydrogen-bond acceptors (Lipinski definition) is 3. The fourth-order valence-corrected chi connectivity index (χ4v) is 2.75. The second kappa shape index (κ2) is 8.78. The number of rotatable bonds is 7. The highest BCUT2D eigenvalue weighted by Crippen LogP contribution is 2.09. The van der Waals surface area contributed by atoms with Crippen LogP contribution < -0.4 is 5.32 Å². The van der Waals surface area contributed by atoms with Crippen molar-refractivity contribution in [2.24, 2.45) is 4.99 Å². The van der Waals surface area contributed by atoms with Gasteiger partial charge in [-0.3, -0.25) is 4.99 Å². The van der Waals surface area contributed by atoms with E-state index in [9.17, 15) is 8.42 Å². The molecule has 0 saturated carbocycles. The van der Waals surface area contributed by atoms with Crippen molar-refractivity contribution in [3.8, 4) is 0 Å². The lowest BCUT2D eigenvalue weighted by Gasteiger charge is -2.23. The van der Waals surface area contributed by atoms with Crippen molar-refractivity contribution < 1.29 is 8.42 Å². The van der Waals surface area contributed by atoms with E-state index in [1.165, 1.54) is 17.4 Å². The molecule has 1 N–H and O–H groups in total. The van der Waals surface area contributed by atoms with E-state index < -0.39 is 9.84 Å². The zero-order valence-corrected chi connectivity index (χ0v) is 14.8. The molecule has 1 aromatic carbocycles. The highest BCUT2D eigenvalue weighted by Gasteiger charge is 2.08. The van der Waals surface area contributed by atoms with Crippen LogP contribution in [0.5, 0.6) is 0 Å². The Bertz CT molecular complexity index is 597. The van der Waals surface area contributed by atoms with Gasteiger partial charge in [-0.05, 0) is 31.4 Å². The molecule has 0 heterocycles. The monoisotopic (exact) mass is 325 g/mol. The highest BCUT2D eigenvalue weighted by atomic mass is 32.2. The maximum atomic E-state index is 11.1. The van der Waals surface area contributed by atoms with Gasteiger partial charge < -0.3 is 10.2 Å². The molecule has 1 rings (SSSR count). The molecule has 1 aromatic rings. The molecule has 0 spiro atoms. The Morgan fingerprint density at radius 3 is 2.59 bits per heavy atom. The summed E-state index contributed by atoms with van der Waals surface area (Å²) < 4.78 is 22.3. The first-order valence-electron chi connectivity index (χ1n) is 7.55. The van der Waals surface area contributed by atoms with Gasteiger partial charge in [0.05, 0.1) is 5.75 Å². The van der Waals surface area contributed by atoms with Crippen LogP contribution in [0.25, 0.3) is 0 Å². The van der Waals surface area contributed by atoms with Crippen LogP contribution in [0, 0.1) is 6.92 Å². The Kier molecular flexibility index (Phi) is 7.38. The lowest BCUT2D eigenvalue weighted by Crippen LogP contribution is -2.38. The quantitative estimate of drug-likeness (QED) is 0.472. The van der Waals surface area contributed by atoms with E-state index in [4.69, 9.17) is 0 Å². The Labute approximate surface area is 134 Å². The number of benzene rings is 1. The van der Waals surface area contributed by atoms with E-state index in [2.05, 4.69) is 34.3 Å². The molecular formula is C16H27N3O2S. The van der Waals surface area contributed by atoms with Crippen LogP contribution in [-0.2, 0) is 16.4 Å². The van der Waals surface area contributed by atoms with Gasteiger partial charge in [-0.15, -0.1) is 0 Å². The minimum absolute atomic E-state index is 0.178. The molecule has 5 nitrogen and oxygen atoms in total. The summed E-state index contributed by atoms with van der Waals surface area (Å²) >= 11 is 0. The second-order valence-corrected chi connectivity index (χ2v) is 7.76. The van der Waals surface area contributed by atoms with E-state index in [0.717, 1.165) is 19.0 Å². The molecule has 0 amide bonds. The predicted molar refractivity (Wildman–Crippen MR) is 93.0 cm³/mol. The van der Waals surface area contributed by atoms with Crippen LogP contribution >= 0.6 is 0 Å². The van der Waals surface area contributed by atoms with Gasteiger partial charge in [0.25, 0.3) is 0 Å². The molecular weight excluding hydrogens is 298 g/mol. The molecule has 124 valence electrons. The molecule has 0 bridgehead atoms. The number of aryl methyl sites for hydroxylation is 1. The maximum Gasteiger partial charge on any atom is 0.193 e. The average Bonchev–Trinajstić information content (AvgIpc) is 2.43. The van der Waals surface area contributed by atoms with Crippen LogP contribution in [-0.4, -0.2) is 51.4 Å². The molecule has 0 saturated heterocycles. The molecule has 0 aliphatic heterocycles. The topological polar surface area (TPSA) is 61.8 Å². The van der Waals surface area contributed by atoms with Crippen molar-refractivity contribution in [2.75, 3.05) is 32.1 Å². The van der Waals surface area contributed by atoms with Crippen LogP contribution in [0.3, 0.4) is 0 Å². The molecule has 0 atom stereocenters. The van der Waals surface area contributed by atoms with Gasteiger partial charge in [-0.25, -0.2) is 8.42 Å². The molecule has 0 aromatic heterocycles. The number of nitrogens with zero attached hydrogens (tertiary/aromatic N) is 2. The van der Waals surface area contributed by atoms with Crippen molar-refractivity contribution in [1.82, 2.24) is 10.2 Å². The van der Waals surface area contributed by atoms with Crippen LogP contribution in [0.1, 0.15) is 24.5 Å². The highest BCUT2D eigenvalue weighted by molar-refractivity contribution is 7.90. The standard InChI is InChI=1S/C16H27N3O2S/c1-5-17-16(18-11-8-12-22(4,20)21)19(3)13-15-10-7-6-9-14(15)2/h6-7,9-10H,5,8,11-13H2,1-4H3,(H,17,18). The molecule has 22 heavy (non-hydrogen) atoms. The van der Waals surface area contributed by atoms with Gasteiger partial charge in [-0.2, -0.15) is 0 Å². The zero-order valence-electron chi connectivity index (χ0n) is 14.0. The number of sulfone groups is 1. The predicted octanol–water partition coefficient (Wildman–Crippen LogP) is 1.83. The Morgan fingerprint density at radius 1 is 1.32 bits per heavy atom. The molecule has 0 unspecified atom stereocenters. The van der Waals surface area contributed by atoms with Crippen molar-refractivity contribution in [1.29, 1.82) is 0 Å². The second-order valence-electron chi connectivity index (χ2n) is 5.50. The summed E-state index contributed by atoms with van der Waals surface area (Å²) in [7, 11) is -0.921. The Hall–Kier alpha value is -1.56. The third kappa shape index (κ3) is 6.93. The van der Waals surface area contributed by atoms with E-state index in [0.29, 0.717) is 13.0 Å². The molecule has 0 aliphatic rings. The normalized spacial score (nSPS) is 12.3. The SMILES string of the molecule is CCNC(=NCCCS(C)(=O)=O)N(C)Cc1ccccc1C. The first-order chi connectivity index (χ1) is 10.3. The lowest BCUT2D eigenvalue weighted by molar-refractivity contribution is 0.475. The van der Waals surface area contributed by atoms with Gasteiger partial charge in [0, 0.05) is 32.9 Å². The largest absolute Gasteiger partial charge is 0.357 e. The summed E-state index contributed by atoms with van der Waals surface area (Å²) in [6.45, 7) is 6.17. The number of guanidine groups is 1. The van der Waals surface area contributed by atoms with Crippen molar-refractivity contribution in [3.05, 3.63) is 35.4 Å².